The van der Waals surface area contributed by atoms with Crippen molar-refractivity contribution in [3.05, 3.63) is 90.5 Å². The molecule has 0 aliphatic rings. The van der Waals surface area contributed by atoms with Crippen LogP contribution >= 0.6 is 0 Å². The van der Waals surface area contributed by atoms with Gasteiger partial charge in [-0.2, -0.15) is 0 Å². The van der Waals surface area contributed by atoms with Crippen molar-refractivity contribution in [2.75, 3.05) is 17.2 Å². The minimum absolute atomic E-state index is 0.195. The second-order valence-corrected chi connectivity index (χ2v) is 5.68. The van der Waals surface area contributed by atoms with Gasteiger partial charge < -0.3 is 16.0 Å². The Morgan fingerprint density at radius 2 is 1.24 bits per heavy atom. The summed E-state index contributed by atoms with van der Waals surface area (Å²) in [6, 6.07) is 27.5. The van der Waals surface area contributed by atoms with E-state index in [0.717, 1.165) is 23.5 Å². The quantitative estimate of drug-likeness (QED) is 0.608. The van der Waals surface area contributed by atoms with Crippen LogP contribution in [0.2, 0.25) is 0 Å². The number of rotatable bonds is 6. The van der Waals surface area contributed by atoms with Crippen LogP contribution < -0.4 is 16.0 Å². The first kappa shape index (κ1) is 16.6. The Bertz CT molecular complexity index is 786. The van der Waals surface area contributed by atoms with E-state index in [2.05, 4.69) is 28.1 Å². The van der Waals surface area contributed by atoms with Gasteiger partial charge in [-0.25, -0.2) is 4.79 Å². The predicted molar refractivity (Wildman–Crippen MR) is 103 cm³/mol. The zero-order valence-electron chi connectivity index (χ0n) is 13.9. The maximum Gasteiger partial charge on any atom is 0.319 e. The van der Waals surface area contributed by atoms with Crippen LogP contribution in [0.25, 0.3) is 0 Å². The number of anilines is 3. The lowest BCUT2D eigenvalue weighted by Crippen LogP contribution is -2.30. The monoisotopic (exact) mass is 331 g/mol. The molecule has 3 rings (SSSR count). The second kappa shape index (κ2) is 8.55. The third kappa shape index (κ3) is 5.39. The van der Waals surface area contributed by atoms with E-state index in [1.54, 1.807) is 0 Å². The predicted octanol–water partition coefficient (Wildman–Crippen LogP) is 4.79. The molecule has 0 bridgehead atoms. The SMILES string of the molecule is O=C(NCCc1ccccc1)Nc1ccc(Nc2ccccc2)cc1. The van der Waals surface area contributed by atoms with Crippen LogP contribution in [0.4, 0.5) is 21.9 Å². The third-order valence-electron chi connectivity index (χ3n) is 3.75. The van der Waals surface area contributed by atoms with Crippen molar-refractivity contribution in [3.8, 4) is 0 Å². The maximum absolute atomic E-state index is 11.9. The summed E-state index contributed by atoms with van der Waals surface area (Å²) < 4.78 is 0. The van der Waals surface area contributed by atoms with Gasteiger partial charge in [-0.15, -0.1) is 0 Å². The largest absolute Gasteiger partial charge is 0.356 e. The van der Waals surface area contributed by atoms with Crippen LogP contribution in [0.1, 0.15) is 5.56 Å². The zero-order chi connectivity index (χ0) is 17.3. The van der Waals surface area contributed by atoms with E-state index in [-0.39, 0.29) is 6.03 Å². The fourth-order valence-electron chi connectivity index (χ4n) is 2.47. The first-order chi connectivity index (χ1) is 12.3. The molecular weight excluding hydrogens is 310 g/mol. The molecule has 0 radical (unpaired) electrons. The number of amides is 2. The standard InChI is InChI=1S/C21H21N3O/c25-21(22-16-15-17-7-3-1-4-8-17)24-20-13-11-19(12-14-20)23-18-9-5-2-6-10-18/h1-14,23H,15-16H2,(H2,22,24,25). The van der Waals surface area contributed by atoms with Gasteiger partial charge in [0.15, 0.2) is 0 Å². The Morgan fingerprint density at radius 1 is 0.680 bits per heavy atom. The lowest BCUT2D eigenvalue weighted by Gasteiger charge is -2.10. The molecule has 0 saturated heterocycles. The van der Waals surface area contributed by atoms with E-state index in [1.165, 1.54) is 5.56 Å². The highest BCUT2D eigenvalue weighted by molar-refractivity contribution is 5.89. The van der Waals surface area contributed by atoms with E-state index in [9.17, 15) is 4.79 Å². The number of hydrogen-bond acceptors (Lipinski definition) is 2. The van der Waals surface area contributed by atoms with Crippen molar-refractivity contribution in [1.29, 1.82) is 0 Å². The molecule has 0 aromatic heterocycles. The normalized spacial score (nSPS) is 10.1. The van der Waals surface area contributed by atoms with E-state index in [4.69, 9.17) is 0 Å². The van der Waals surface area contributed by atoms with Crippen LogP contribution in [0, 0.1) is 0 Å². The summed E-state index contributed by atoms with van der Waals surface area (Å²) in [5.74, 6) is 0. The fourth-order valence-corrected chi connectivity index (χ4v) is 2.47. The third-order valence-corrected chi connectivity index (χ3v) is 3.75. The first-order valence-corrected chi connectivity index (χ1v) is 8.30. The second-order valence-electron chi connectivity index (χ2n) is 5.68. The minimum Gasteiger partial charge on any atom is -0.356 e. The zero-order valence-corrected chi connectivity index (χ0v) is 13.9. The minimum atomic E-state index is -0.195. The highest BCUT2D eigenvalue weighted by Gasteiger charge is 2.02. The molecule has 3 N–H and O–H groups in total. The molecule has 0 atom stereocenters. The van der Waals surface area contributed by atoms with Gasteiger partial charge in [0.1, 0.15) is 0 Å². The van der Waals surface area contributed by atoms with Crippen molar-refractivity contribution < 1.29 is 4.79 Å². The lowest BCUT2D eigenvalue weighted by atomic mass is 10.1. The average molecular weight is 331 g/mol. The van der Waals surface area contributed by atoms with Crippen molar-refractivity contribution in [1.82, 2.24) is 5.32 Å². The van der Waals surface area contributed by atoms with Crippen LogP contribution in [-0.4, -0.2) is 12.6 Å². The van der Waals surface area contributed by atoms with Crippen molar-refractivity contribution in [2.24, 2.45) is 0 Å². The van der Waals surface area contributed by atoms with E-state index in [0.29, 0.717) is 6.54 Å². The molecule has 126 valence electrons. The summed E-state index contributed by atoms with van der Waals surface area (Å²) in [4.78, 5) is 11.9. The van der Waals surface area contributed by atoms with Gasteiger partial charge in [0.25, 0.3) is 0 Å². The summed E-state index contributed by atoms with van der Waals surface area (Å²) in [7, 11) is 0. The lowest BCUT2D eigenvalue weighted by molar-refractivity contribution is 0.252. The first-order valence-electron chi connectivity index (χ1n) is 8.30. The van der Waals surface area contributed by atoms with Crippen molar-refractivity contribution in [3.63, 3.8) is 0 Å². The molecule has 4 heteroatoms. The Hall–Kier alpha value is -3.27. The summed E-state index contributed by atoms with van der Waals surface area (Å²) in [5, 5.41) is 9.02. The average Bonchev–Trinajstić information content (AvgIpc) is 2.65. The number of para-hydroxylation sites is 1. The number of carbonyl (C=O) groups is 1. The Balaban J connectivity index is 1.45. The van der Waals surface area contributed by atoms with Crippen LogP contribution in [-0.2, 0) is 6.42 Å². The van der Waals surface area contributed by atoms with Crippen molar-refractivity contribution in [2.45, 2.75) is 6.42 Å². The van der Waals surface area contributed by atoms with Crippen LogP contribution in [0.3, 0.4) is 0 Å². The molecule has 0 aliphatic carbocycles. The van der Waals surface area contributed by atoms with Gasteiger partial charge in [-0.1, -0.05) is 48.5 Å². The summed E-state index contributed by atoms with van der Waals surface area (Å²) in [6.45, 7) is 0.601. The Morgan fingerprint density at radius 3 is 1.92 bits per heavy atom. The van der Waals surface area contributed by atoms with Gasteiger partial charge in [-0.05, 0) is 48.4 Å². The number of carbonyl (C=O) groups excluding carboxylic acids is 1. The Kier molecular flexibility index (Phi) is 5.67. The topological polar surface area (TPSA) is 53.2 Å². The molecule has 0 saturated carbocycles. The van der Waals surface area contributed by atoms with Crippen LogP contribution in [0.15, 0.2) is 84.9 Å². The molecular formula is C21H21N3O. The van der Waals surface area contributed by atoms with E-state index in [1.807, 2.05) is 72.8 Å². The number of urea groups is 1. The molecule has 3 aromatic rings. The highest BCUT2D eigenvalue weighted by atomic mass is 16.2. The van der Waals surface area contributed by atoms with Gasteiger partial charge >= 0.3 is 6.03 Å². The van der Waals surface area contributed by atoms with E-state index >= 15 is 0 Å². The summed E-state index contributed by atoms with van der Waals surface area (Å²) >= 11 is 0. The summed E-state index contributed by atoms with van der Waals surface area (Å²) in [6.07, 6.45) is 0.814. The van der Waals surface area contributed by atoms with Crippen LogP contribution in [0.5, 0.6) is 0 Å². The summed E-state index contributed by atoms with van der Waals surface area (Å²) in [5.41, 5.74) is 3.97. The smallest absolute Gasteiger partial charge is 0.319 e. The molecule has 0 unspecified atom stereocenters. The van der Waals surface area contributed by atoms with Gasteiger partial charge in [0.2, 0.25) is 0 Å². The van der Waals surface area contributed by atoms with E-state index < -0.39 is 0 Å². The van der Waals surface area contributed by atoms with Crippen molar-refractivity contribution >= 4 is 23.1 Å². The molecule has 0 fully saturated rings. The molecule has 0 aliphatic heterocycles. The van der Waals surface area contributed by atoms with Gasteiger partial charge in [0.05, 0.1) is 0 Å². The fraction of sp³-hybridized carbons (Fsp3) is 0.0952. The number of nitrogens with one attached hydrogen (secondary N) is 3. The molecule has 2 amide bonds. The number of benzene rings is 3. The molecule has 3 aromatic carbocycles. The van der Waals surface area contributed by atoms with Gasteiger partial charge in [0, 0.05) is 23.6 Å². The highest BCUT2D eigenvalue weighted by Crippen LogP contribution is 2.18. The molecule has 0 spiro atoms. The maximum atomic E-state index is 11.9. The number of hydrogen-bond donors (Lipinski definition) is 3. The molecule has 4 nitrogen and oxygen atoms in total. The van der Waals surface area contributed by atoms with Gasteiger partial charge in [-0.3, -0.25) is 0 Å². The Labute approximate surface area is 147 Å². The molecule has 25 heavy (non-hydrogen) atoms. The molecule has 0 heterocycles.